The molecule has 1 aliphatic heterocycles. The maximum Gasteiger partial charge on any atom is 0.254 e. The van der Waals surface area contributed by atoms with Gasteiger partial charge in [0.15, 0.2) is 5.13 Å². The van der Waals surface area contributed by atoms with E-state index in [1.165, 1.54) is 35.6 Å². The van der Waals surface area contributed by atoms with Gasteiger partial charge in [-0.2, -0.15) is 0 Å². The number of hydrogen-bond donors (Lipinski definition) is 1. The molecule has 2 aromatic carbocycles. The molecule has 0 spiro atoms. The van der Waals surface area contributed by atoms with Crippen molar-refractivity contribution in [2.24, 2.45) is 0 Å². The van der Waals surface area contributed by atoms with Crippen LogP contribution in [0.25, 0.3) is 5.69 Å². The average Bonchev–Trinajstić information content (AvgIpc) is 3.43. The number of halogens is 1. The number of rotatable bonds is 5. The van der Waals surface area contributed by atoms with E-state index in [1.54, 1.807) is 18.3 Å². The molecule has 33 heavy (non-hydrogen) atoms. The summed E-state index contributed by atoms with van der Waals surface area (Å²) in [5, 5.41) is 4.13. The number of benzene rings is 2. The van der Waals surface area contributed by atoms with E-state index in [4.69, 9.17) is 9.72 Å². The van der Waals surface area contributed by atoms with E-state index < -0.39 is 0 Å². The van der Waals surface area contributed by atoms with Crippen molar-refractivity contribution in [1.29, 1.82) is 0 Å². The molecule has 1 amide bonds. The zero-order valence-electron chi connectivity index (χ0n) is 18.2. The predicted octanol–water partition coefficient (Wildman–Crippen LogP) is 4.73. The minimum atomic E-state index is -0.351. The number of anilines is 2. The molecular formula is C24H22FN5O2S. The van der Waals surface area contributed by atoms with Crippen LogP contribution in [0.4, 0.5) is 15.2 Å². The van der Waals surface area contributed by atoms with Crippen molar-refractivity contribution in [1.82, 2.24) is 19.4 Å². The zero-order valence-corrected chi connectivity index (χ0v) is 19.0. The number of amides is 1. The number of nitrogens with one attached hydrogen (secondary N) is 1. The molecule has 0 radical (unpaired) electrons. The Balaban J connectivity index is 1.32. The summed E-state index contributed by atoms with van der Waals surface area (Å²) in [4.78, 5) is 24.6. The van der Waals surface area contributed by atoms with E-state index in [-0.39, 0.29) is 11.7 Å². The Morgan fingerprint density at radius 3 is 2.76 bits per heavy atom. The summed E-state index contributed by atoms with van der Waals surface area (Å²) in [5.41, 5.74) is 4.18. The SMILES string of the molecule is COc1cc(Nc2nc3c(s2)CN(C(=O)c2ccc(F)cc2)CC3)ccc1-n1cnc(C)c1. The number of methoxy groups -OCH3 is 1. The van der Waals surface area contributed by atoms with Gasteiger partial charge in [0.1, 0.15) is 11.6 Å². The first-order chi connectivity index (χ1) is 16.0. The van der Waals surface area contributed by atoms with Crippen molar-refractivity contribution in [3.8, 4) is 11.4 Å². The monoisotopic (exact) mass is 463 g/mol. The summed E-state index contributed by atoms with van der Waals surface area (Å²) in [6.07, 6.45) is 4.38. The Kier molecular flexibility index (Phi) is 5.55. The van der Waals surface area contributed by atoms with Crippen LogP contribution in [0.5, 0.6) is 5.75 Å². The van der Waals surface area contributed by atoms with Crippen LogP contribution >= 0.6 is 11.3 Å². The van der Waals surface area contributed by atoms with Gasteiger partial charge in [-0.25, -0.2) is 14.4 Å². The molecule has 0 fully saturated rings. The lowest BCUT2D eigenvalue weighted by Gasteiger charge is -2.26. The molecule has 0 unspecified atom stereocenters. The number of carbonyl (C=O) groups is 1. The third-order valence-corrected chi connectivity index (χ3v) is 6.53. The van der Waals surface area contributed by atoms with Gasteiger partial charge in [0.25, 0.3) is 5.91 Å². The van der Waals surface area contributed by atoms with E-state index >= 15 is 0 Å². The summed E-state index contributed by atoms with van der Waals surface area (Å²) in [6.45, 7) is 3.02. The Bertz CT molecular complexity index is 1310. The predicted molar refractivity (Wildman–Crippen MR) is 125 cm³/mol. The Morgan fingerprint density at radius 1 is 1.21 bits per heavy atom. The van der Waals surface area contributed by atoms with Crippen molar-refractivity contribution < 1.29 is 13.9 Å². The van der Waals surface area contributed by atoms with Crippen molar-refractivity contribution in [3.05, 3.63) is 82.6 Å². The van der Waals surface area contributed by atoms with Gasteiger partial charge in [-0.05, 0) is 43.3 Å². The number of imidazole rings is 1. The molecule has 0 saturated carbocycles. The van der Waals surface area contributed by atoms with Gasteiger partial charge in [0.05, 0.1) is 37.1 Å². The summed E-state index contributed by atoms with van der Waals surface area (Å²) >= 11 is 1.53. The second kappa shape index (κ2) is 8.67. The lowest BCUT2D eigenvalue weighted by Crippen LogP contribution is -2.35. The van der Waals surface area contributed by atoms with E-state index in [9.17, 15) is 9.18 Å². The summed E-state index contributed by atoms with van der Waals surface area (Å²) < 4.78 is 20.7. The molecule has 168 valence electrons. The van der Waals surface area contributed by atoms with Gasteiger partial charge in [-0.15, -0.1) is 0 Å². The third-order valence-electron chi connectivity index (χ3n) is 5.53. The largest absolute Gasteiger partial charge is 0.494 e. The molecule has 7 nitrogen and oxygen atoms in total. The fourth-order valence-corrected chi connectivity index (χ4v) is 4.89. The summed E-state index contributed by atoms with van der Waals surface area (Å²) in [7, 11) is 1.64. The molecule has 0 saturated heterocycles. The van der Waals surface area contributed by atoms with Crippen molar-refractivity contribution in [3.63, 3.8) is 0 Å². The number of ether oxygens (including phenoxy) is 1. The highest BCUT2D eigenvalue weighted by molar-refractivity contribution is 7.15. The number of thiazole rings is 1. The first-order valence-electron chi connectivity index (χ1n) is 10.5. The van der Waals surface area contributed by atoms with Crippen molar-refractivity contribution in [2.45, 2.75) is 19.9 Å². The number of aryl methyl sites for hydroxylation is 1. The Hall–Kier alpha value is -3.72. The van der Waals surface area contributed by atoms with Crippen LogP contribution in [0, 0.1) is 12.7 Å². The van der Waals surface area contributed by atoms with Crippen LogP contribution in [0.2, 0.25) is 0 Å². The summed E-state index contributed by atoms with van der Waals surface area (Å²) in [5.74, 6) is 0.267. The molecule has 0 atom stereocenters. The molecule has 0 aliphatic carbocycles. The molecule has 5 rings (SSSR count). The lowest BCUT2D eigenvalue weighted by atomic mass is 10.1. The smallest absolute Gasteiger partial charge is 0.254 e. The van der Waals surface area contributed by atoms with Crippen molar-refractivity contribution in [2.75, 3.05) is 19.0 Å². The number of nitrogens with zero attached hydrogens (tertiary/aromatic N) is 4. The molecule has 9 heteroatoms. The van der Waals surface area contributed by atoms with E-state index in [0.717, 1.165) is 38.5 Å². The zero-order chi connectivity index (χ0) is 22.9. The fraction of sp³-hybridized carbons (Fsp3) is 0.208. The number of hydrogen-bond acceptors (Lipinski definition) is 6. The van der Waals surface area contributed by atoms with Crippen LogP contribution in [-0.4, -0.2) is 39.0 Å². The first kappa shape index (κ1) is 21.1. The molecule has 1 N–H and O–H groups in total. The highest BCUT2D eigenvalue weighted by Gasteiger charge is 2.25. The minimum absolute atomic E-state index is 0.0985. The number of carbonyl (C=O) groups excluding carboxylic acids is 1. The van der Waals surface area contributed by atoms with Crippen LogP contribution in [-0.2, 0) is 13.0 Å². The summed E-state index contributed by atoms with van der Waals surface area (Å²) in [6, 6.07) is 11.5. The average molecular weight is 464 g/mol. The highest BCUT2D eigenvalue weighted by Crippen LogP contribution is 2.33. The van der Waals surface area contributed by atoms with Gasteiger partial charge in [0.2, 0.25) is 0 Å². The van der Waals surface area contributed by atoms with E-state index in [0.29, 0.717) is 25.1 Å². The van der Waals surface area contributed by atoms with E-state index in [1.807, 2.05) is 35.9 Å². The number of fused-ring (bicyclic) bond motifs is 1. The fourth-order valence-electron chi connectivity index (χ4n) is 3.84. The molecule has 0 bridgehead atoms. The van der Waals surface area contributed by atoms with Crippen LogP contribution in [0.3, 0.4) is 0 Å². The van der Waals surface area contributed by atoms with Crippen LogP contribution in [0.1, 0.15) is 26.6 Å². The maximum atomic E-state index is 13.2. The Labute approximate surface area is 194 Å². The molecular weight excluding hydrogens is 441 g/mol. The topological polar surface area (TPSA) is 72.3 Å². The molecule has 1 aliphatic rings. The third kappa shape index (κ3) is 4.31. The lowest BCUT2D eigenvalue weighted by molar-refractivity contribution is 0.0736. The van der Waals surface area contributed by atoms with Gasteiger partial charge in [-0.3, -0.25) is 4.79 Å². The molecule has 4 aromatic rings. The van der Waals surface area contributed by atoms with Crippen LogP contribution in [0.15, 0.2) is 55.0 Å². The second-order valence-electron chi connectivity index (χ2n) is 7.81. The quantitative estimate of drug-likeness (QED) is 0.463. The second-order valence-corrected chi connectivity index (χ2v) is 8.89. The van der Waals surface area contributed by atoms with Gasteiger partial charge in [0, 0.05) is 41.4 Å². The normalized spacial score (nSPS) is 13.0. The standard InChI is InChI=1S/C24H22FN5O2S/c1-15-12-30(14-26-15)20-8-7-18(11-21(20)32-2)27-24-28-19-9-10-29(13-22(19)33-24)23(31)16-3-5-17(25)6-4-16/h3-8,11-12,14H,9-10,13H2,1-2H3,(H,27,28). The maximum absolute atomic E-state index is 13.2. The Morgan fingerprint density at radius 2 is 2.03 bits per heavy atom. The highest BCUT2D eigenvalue weighted by atomic mass is 32.1. The number of aromatic nitrogens is 3. The van der Waals surface area contributed by atoms with Gasteiger partial charge in [-0.1, -0.05) is 11.3 Å². The minimum Gasteiger partial charge on any atom is -0.494 e. The van der Waals surface area contributed by atoms with Gasteiger partial charge >= 0.3 is 0 Å². The van der Waals surface area contributed by atoms with Crippen LogP contribution < -0.4 is 10.1 Å². The van der Waals surface area contributed by atoms with Crippen molar-refractivity contribution >= 4 is 28.1 Å². The first-order valence-corrected chi connectivity index (χ1v) is 11.3. The molecule has 3 heterocycles. The molecule has 2 aromatic heterocycles. The van der Waals surface area contributed by atoms with Gasteiger partial charge < -0.3 is 19.5 Å². The van der Waals surface area contributed by atoms with E-state index in [2.05, 4.69) is 10.3 Å².